The number of H-pyrrole nitrogens is 1. The molecule has 6 rings (SSSR count). The van der Waals surface area contributed by atoms with Crippen molar-refractivity contribution in [1.29, 1.82) is 5.41 Å². The minimum atomic E-state index is -0.0766. The second-order valence-corrected chi connectivity index (χ2v) is 12.1. The highest BCUT2D eigenvalue weighted by Crippen LogP contribution is 2.47. The highest BCUT2D eigenvalue weighted by Gasteiger charge is 2.47. The third-order valence-corrected chi connectivity index (χ3v) is 9.46. The van der Waals surface area contributed by atoms with E-state index in [1.54, 1.807) is 6.33 Å². The molecule has 2 aliphatic heterocycles. The number of rotatable bonds is 6. The SMILES string of the molecule is CC1(C(=O)N2CCC(CCn3cnc(=N)c4[nH]c(Sc5cc6c(cc5Br)OCC=C6)nc43)CC2)CC1. The van der Waals surface area contributed by atoms with E-state index in [1.807, 2.05) is 12.1 Å². The van der Waals surface area contributed by atoms with Crippen LogP contribution in [0.5, 0.6) is 5.75 Å². The van der Waals surface area contributed by atoms with Crippen LogP contribution in [-0.4, -0.2) is 50.0 Å². The van der Waals surface area contributed by atoms with Crippen molar-refractivity contribution in [1.82, 2.24) is 24.4 Å². The summed E-state index contributed by atoms with van der Waals surface area (Å²) >= 11 is 5.18. The molecule has 1 saturated heterocycles. The second-order valence-electron chi connectivity index (χ2n) is 10.2. The van der Waals surface area contributed by atoms with E-state index in [1.165, 1.54) is 11.8 Å². The van der Waals surface area contributed by atoms with Crippen molar-refractivity contribution >= 4 is 50.8 Å². The van der Waals surface area contributed by atoms with Gasteiger partial charge >= 0.3 is 0 Å². The lowest BCUT2D eigenvalue weighted by Crippen LogP contribution is -2.42. The number of halogens is 1. The minimum absolute atomic E-state index is 0.0766. The first-order valence-corrected chi connectivity index (χ1v) is 14.1. The molecule has 0 spiro atoms. The van der Waals surface area contributed by atoms with Crippen LogP contribution in [0.2, 0.25) is 0 Å². The third-order valence-electron chi connectivity index (χ3n) is 7.60. The molecular formula is C26H29BrN6O2S. The normalized spacial score (nSPS) is 18.8. The van der Waals surface area contributed by atoms with Crippen LogP contribution in [-0.2, 0) is 11.3 Å². The van der Waals surface area contributed by atoms with E-state index < -0.39 is 0 Å². The maximum atomic E-state index is 12.6. The summed E-state index contributed by atoms with van der Waals surface area (Å²) in [6, 6.07) is 4.08. The van der Waals surface area contributed by atoms with Crippen LogP contribution in [0, 0.1) is 16.7 Å². The van der Waals surface area contributed by atoms with E-state index in [2.05, 4.69) is 54.4 Å². The van der Waals surface area contributed by atoms with Crippen molar-refractivity contribution in [2.24, 2.45) is 11.3 Å². The number of carbonyl (C=O) groups excluding carboxylic acids is 1. The summed E-state index contributed by atoms with van der Waals surface area (Å²) in [6.45, 7) is 5.20. The smallest absolute Gasteiger partial charge is 0.228 e. The molecule has 36 heavy (non-hydrogen) atoms. The van der Waals surface area contributed by atoms with E-state index >= 15 is 0 Å². The molecule has 2 N–H and O–H groups in total. The van der Waals surface area contributed by atoms with Gasteiger partial charge in [-0.05, 0) is 72.2 Å². The highest BCUT2D eigenvalue weighted by molar-refractivity contribution is 9.10. The molecule has 1 aromatic carbocycles. The molecule has 1 saturated carbocycles. The number of ether oxygens (including phenoxy) is 1. The van der Waals surface area contributed by atoms with Gasteiger partial charge in [0.25, 0.3) is 0 Å². The predicted octanol–water partition coefficient (Wildman–Crippen LogP) is 4.99. The molecule has 3 aliphatic rings. The Labute approximate surface area is 222 Å². The molecule has 4 heterocycles. The van der Waals surface area contributed by atoms with Crippen LogP contribution in [0.1, 0.15) is 44.6 Å². The quantitative estimate of drug-likeness (QED) is 0.436. The van der Waals surface area contributed by atoms with Crippen molar-refractivity contribution in [2.75, 3.05) is 19.7 Å². The summed E-state index contributed by atoms with van der Waals surface area (Å²) in [5.41, 5.74) is 2.56. The summed E-state index contributed by atoms with van der Waals surface area (Å²) in [5.74, 6) is 1.79. The first-order valence-electron chi connectivity index (χ1n) is 12.5. The first-order chi connectivity index (χ1) is 17.4. The Bertz CT molecular complexity index is 1420. The lowest BCUT2D eigenvalue weighted by molar-refractivity contribution is -0.137. The standard InChI is InChI=1S/C26H29BrN6O2S/c1-26(7-8-26)24(34)32-9-4-16(5-10-32)6-11-33-15-29-22(28)21-23(33)31-25(30-21)36-20-13-17-3-2-12-35-19(17)14-18(20)27/h2-3,13-16,28H,4-12H2,1H3,(H,30,31). The largest absolute Gasteiger partial charge is 0.489 e. The molecule has 1 amide bonds. The zero-order chi connectivity index (χ0) is 24.9. The Morgan fingerprint density at radius 3 is 2.92 bits per heavy atom. The topological polar surface area (TPSA) is 99.9 Å². The predicted molar refractivity (Wildman–Crippen MR) is 142 cm³/mol. The lowest BCUT2D eigenvalue weighted by Gasteiger charge is -2.33. The third kappa shape index (κ3) is 4.61. The Morgan fingerprint density at radius 1 is 1.33 bits per heavy atom. The Balaban J connectivity index is 1.15. The zero-order valence-corrected chi connectivity index (χ0v) is 22.6. The number of hydrogen-bond donors (Lipinski definition) is 2. The number of amides is 1. The van der Waals surface area contributed by atoms with Crippen LogP contribution in [0.15, 0.2) is 39.1 Å². The number of aromatic nitrogens is 4. The number of likely N-dealkylation sites (tertiary alicyclic amines) is 1. The van der Waals surface area contributed by atoms with Gasteiger partial charge in [-0.1, -0.05) is 24.8 Å². The monoisotopic (exact) mass is 568 g/mol. The van der Waals surface area contributed by atoms with Crippen LogP contribution >= 0.6 is 27.7 Å². The average Bonchev–Trinajstić information content (AvgIpc) is 3.49. The second kappa shape index (κ2) is 9.37. The van der Waals surface area contributed by atoms with Crippen molar-refractivity contribution in [3.05, 3.63) is 40.1 Å². The number of fused-ring (bicyclic) bond motifs is 2. The molecule has 0 atom stereocenters. The Kier molecular flexibility index (Phi) is 6.19. The Hall–Kier alpha value is -2.59. The van der Waals surface area contributed by atoms with Crippen molar-refractivity contribution in [2.45, 2.75) is 55.6 Å². The van der Waals surface area contributed by atoms with Crippen molar-refractivity contribution in [3.8, 4) is 5.75 Å². The van der Waals surface area contributed by atoms with Gasteiger partial charge in [0.15, 0.2) is 16.3 Å². The number of aromatic amines is 1. The van der Waals surface area contributed by atoms with Crippen LogP contribution < -0.4 is 10.2 Å². The van der Waals surface area contributed by atoms with Gasteiger partial charge in [0.1, 0.15) is 17.9 Å². The number of hydrogen-bond acceptors (Lipinski definition) is 6. The number of aryl methyl sites for hydroxylation is 1. The van der Waals surface area contributed by atoms with Gasteiger partial charge in [0.05, 0.1) is 6.33 Å². The summed E-state index contributed by atoms with van der Waals surface area (Å²) in [4.78, 5) is 28.2. The Morgan fingerprint density at radius 2 is 2.14 bits per heavy atom. The van der Waals surface area contributed by atoms with Crippen molar-refractivity contribution < 1.29 is 9.53 Å². The average molecular weight is 570 g/mol. The molecule has 0 bridgehead atoms. The van der Waals surface area contributed by atoms with Gasteiger partial charge in [-0.2, -0.15) is 0 Å². The number of benzene rings is 1. The van der Waals surface area contributed by atoms with Gasteiger partial charge in [-0.3, -0.25) is 10.2 Å². The van der Waals surface area contributed by atoms with Gasteiger partial charge in [0, 0.05) is 40.0 Å². The van der Waals surface area contributed by atoms with E-state index in [9.17, 15) is 4.79 Å². The van der Waals surface area contributed by atoms with Crippen LogP contribution in [0.4, 0.5) is 0 Å². The van der Waals surface area contributed by atoms with Gasteiger partial charge in [0.2, 0.25) is 5.91 Å². The lowest BCUT2D eigenvalue weighted by atomic mass is 9.92. The summed E-state index contributed by atoms with van der Waals surface area (Å²) in [5, 5.41) is 9.01. The molecule has 10 heteroatoms. The maximum absolute atomic E-state index is 12.6. The molecular weight excluding hydrogens is 540 g/mol. The van der Waals surface area contributed by atoms with Crippen LogP contribution in [0.25, 0.3) is 17.2 Å². The van der Waals surface area contributed by atoms with Gasteiger partial charge in [-0.25, -0.2) is 9.97 Å². The highest BCUT2D eigenvalue weighted by atomic mass is 79.9. The molecule has 2 aromatic heterocycles. The van der Waals surface area contributed by atoms with Gasteiger partial charge in [-0.15, -0.1) is 0 Å². The fraction of sp³-hybridized carbons (Fsp3) is 0.462. The molecule has 0 unspecified atom stereocenters. The van der Waals surface area contributed by atoms with E-state index in [0.717, 1.165) is 83.2 Å². The first kappa shape index (κ1) is 23.8. The van der Waals surface area contributed by atoms with Crippen LogP contribution in [0.3, 0.4) is 0 Å². The molecule has 8 nitrogen and oxygen atoms in total. The van der Waals surface area contributed by atoms with E-state index in [4.69, 9.17) is 15.1 Å². The molecule has 2 fully saturated rings. The van der Waals surface area contributed by atoms with E-state index in [-0.39, 0.29) is 10.9 Å². The number of imidazole rings is 1. The molecule has 188 valence electrons. The molecule has 1 aliphatic carbocycles. The fourth-order valence-electron chi connectivity index (χ4n) is 5.01. The van der Waals surface area contributed by atoms with E-state index in [0.29, 0.717) is 23.9 Å². The fourth-order valence-corrected chi connectivity index (χ4v) is 6.41. The van der Waals surface area contributed by atoms with Crippen molar-refractivity contribution in [3.63, 3.8) is 0 Å². The van der Waals surface area contributed by atoms with Gasteiger partial charge < -0.3 is 19.2 Å². The number of nitrogens with one attached hydrogen (secondary N) is 2. The number of piperidine rings is 1. The molecule has 0 radical (unpaired) electrons. The number of nitrogens with zero attached hydrogens (tertiary/aromatic N) is 4. The maximum Gasteiger partial charge on any atom is 0.228 e. The minimum Gasteiger partial charge on any atom is -0.489 e. The zero-order valence-electron chi connectivity index (χ0n) is 20.2. The summed E-state index contributed by atoms with van der Waals surface area (Å²) < 4.78 is 8.69. The summed E-state index contributed by atoms with van der Waals surface area (Å²) in [6.07, 6.45) is 11.0. The summed E-state index contributed by atoms with van der Waals surface area (Å²) in [7, 11) is 0. The molecule has 3 aromatic rings. The number of carbonyl (C=O) groups is 1.